The normalized spacial score (nSPS) is 17.7. The minimum absolute atomic E-state index is 0.104. The van der Waals surface area contributed by atoms with Gasteiger partial charge in [0.1, 0.15) is 0 Å². The zero-order chi connectivity index (χ0) is 19.8. The van der Waals surface area contributed by atoms with Crippen molar-refractivity contribution in [2.75, 3.05) is 18.0 Å². The summed E-state index contributed by atoms with van der Waals surface area (Å²) in [7, 11) is 0. The maximum absolute atomic E-state index is 12.6. The molecule has 28 heavy (non-hydrogen) atoms. The summed E-state index contributed by atoms with van der Waals surface area (Å²) in [5.74, 6) is -0.560. The molecule has 2 heterocycles. The second-order valence-corrected chi connectivity index (χ2v) is 8.00. The summed E-state index contributed by atoms with van der Waals surface area (Å²) >= 11 is 3.33. The van der Waals surface area contributed by atoms with Crippen LogP contribution in [0.3, 0.4) is 0 Å². The lowest BCUT2D eigenvalue weighted by molar-refractivity contribution is 0.0653. The molecule has 0 saturated heterocycles. The molecule has 2 aromatic carbocycles. The molecule has 0 fully saturated rings. The first-order valence-electron chi connectivity index (χ1n) is 9.28. The highest BCUT2D eigenvalue weighted by Gasteiger charge is 2.35. The van der Waals surface area contributed by atoms with E-state index in [1.807, 2.05) is 31.2 Å². The number of hydrogen-bond acceptors (Lipinski definition) is 3. The van der Waals surface area contributed by atoms with Crippen molar-refractivity contribution in [3.63, 3.8) is 0 Å². The van der Waals surface area contributed by atoms with Gasteiger partial charge in [0.05, 0.1) is 11.1 Å². The van der Waals surface area contributed by atoms with Crippen LogP contribution in [-0.2, 0) is 6.42 Å². The van der Waals surface area contributed by atoms with Crippen molar-refractivity contribution in [3.8, 4) is 0 Å². The second-order valence-electron chi connectivity index (χ2n) is 7.09. The summed E-state index contributed by atoms with van der Waals surface area (Å²) in [5.41, 5.74) is 2.96. The first-order valence-corrected chi connectivity index (χ1v) is 10.1. The summed E-state index contributed by atoms with van der Waals surface area (Å²) < 4.78 is 0.765. The van der Waals surface area contributed by atoms with Crippen LogP contribution in [0, 0.1) is 0 Å². The molecule has 144 valence electrons. The molecule has 0 aliphatic carbocycles. The van der Waals surface area contributed by atoms with Gasteiger partial charge in [-0.2, -0.15) is 0 Å². The SMILES string of the molecule is CC1Cc2ccccc2N1C(=O)NCCCN1C(=O)c2ccc(Br)cc2C1=O. The van der Waals surface area contributed by atoms with Crippen molar-refractivity contribution in [3.05, 3.63) is 63.6 Å². The molecule has 0 aromatic heterocycles. The van der Waals surface area contributed by atoms with Crippen LogP contribution in [0.2, 0.25) is 0 Å². The number of para-hydroxylation sites is 1. The number of rotatable bonds is 4. The maximum Gasteiger partial charge on any atom is 0.322 e. The van der Waals surface area contributed by atoms with Gasteiger partial charge in [-0.3, -0.25) is 19.4 Å². The number of carbonyl (C=O) groups excluding carboxylic acids is 3. The van der Waals surface area contributed by atoms with E-state index in [0.717, 1.165) is 16.6 Å². The summed E-state index contributed by atoms with van der Waals surface area (Å²) in [5, 5.41) is 2.91. The Hall–Kier alpha value is -2.67. The smallest absolute Gasteiger partial charge is 0.322 e. The second kappa shape index (κ2) is 7.39. The molecule has 4 rings (SSSR count). The number of hydrogen-bond donors (Lipinski definition) is 1. The number of halogens is 1. The molecule has 4 amide bonds. The van der Waals surface area contributed by atoms with Gasteiger partial charge in [-0.15, -0.1) is 0 Å². The van der Waals surface area contributed by atoms with E-state index >= 15 is 0 Å². The Morgan fingerprint density at radius 3 is 2.71 bits per heavy atom. The Kier molecular flexibility index (Phi) is 4.93. The van der Waals surface area contributed by atoms with Crippen molar-refractivity contribution < 1.29 is 14.4 Å². The number of anilines is 1. The molecule has 0 saturated carbocycles. The Morgan fingerprint density at radius 2 is 1.89 bits per heavy atom. The quantitative estimate of drug-likeness (QED) is 0.581. The first kappa shape index (κ1) is 18.7. The Bertz CT molecular complexity index is 975. The van der Waals surface area contributed by atoms with E-state index < -0.39 is 0 Å². The molecule has 6 nitrogen and oxygen atoms in total. The van der Waals surface area contributed by atoms with Crippen molar-refractivity contribution >= 4 is 39.5 Å². The number of fused-ring (bicyclic) bond motifs is 2. The molecule has 2 aliphatic heterocycles. The van der Waals surface area contributed by atoms with E-state index in [1.165, 1.54) is 10.5 Å². The minimum Gasteiger partial charge on any atom is -0.338 e. The van der Waals surface area contributed by atoms with Gasteiger partial charge in [-0.05, 0) is 49.6 Å². The van der Waals surface area contributed by atoms with E-state index in [4.69, 9.17) is 0 Å². The first-order chi connectivity index (χ1) is 13.5. The third-order valence-corrected chi connectivity index (χ3v) is 5.69. The van der Waals surface area contributed by atoms with Crippen LogP contribution in [0.15, 0.2) is 46.9 Å². The minimum atomic E-state index is -0.283. The predicted octanol–water partition coefficient (Wildman–Crippen LogP) is 3.60. The highest BCUT2D eigenvalue weighted by Crippen LogP contribution is 2.31. The molecule has 0 bridgehead atoms. The van der Waals surface area contributed by atoms with Crippen LogP contribution in [0.25, 0.3) is 0 Å². The van der Waals surface area contributed by atoms with Gasteiger partial charge in [-0.25, -0.2) is 4.79 Å². The summed E-state index contributed by atoms with van der Waals surface area (Å²) in [6.07, 6.45) is 1.34. The van der Waals surface area contributed by atoms with Crippen molar-refractivity contribution in [2.45, 2.75) is 25.8 Å². The average molecular weight is 442 g/mol. The van der Waals surface area contributed by atoms with E-state index in [2.05, 4.69) is 21.2 Å². The number of amides is 4. The lowest BCUT2D eigenvalue weighted by Gasteiger charge is -2.23. The Morgan fingerprint density at radius 1 is 1.14 bits per heavy atom. The van der Waals surface area contributed by atoms with Crippen molar-refractivity contribution in [2.24, 2.45) is 0 Å². The summed E-state index contributed by atoms with van der Waals surface area (Å²) in [6.45, 7) is 2.69. The van der Waals surface area contributed by atoms with Gasteiger partial charge in [0.2, 0.25) is 0 Å². The van der Waals surface area contributed by atoms with Gasteiger partial charge in [0.25, 0.3) is 11.8 Å². The fourth-order valence-corrected chi connectivity index (χ4v) is 4.22. The Balaban J connectivity index is 1.33. The summed E-state index contributed by atoms with van der Waals surface area (Å²) in [6, 6.07) is 12.9. The number of benzene rings is 2. The van der Waals surface area contributed by atoms with Crippen LogP contribution >= 0.6 is 15.9 Å². The molecular weight excluding hydrogens is 422 g/mol. The van der Waals surface area contributed by atoms with Crippen molar-refractivity contribution in [1.82, 2.24) is 10.2 Å². The van der Waals surface area contributed by atoms with Crippen LogP contribution in [-0.4, -0.2) is 41.9 Å². The van der Waals surface area contributed by atoms with Gasteiger partial charge < -0.3 is 5.32 Å². The highest BCUT2D eigenvalue weighted by molar-refractivity contribution is 9.10. The maximum atomic E-state index is 12.6. The van der Waals surface area contributed by atoms with Crippen LogP contribution in [0.4, 0.5) is 10.5 Å². The third kappa shape index (κ3) is 3.20. The molecule has 0 spiro atoms. The van der Waals surface area contributed by atoms with E-state index in [0.29, 0.717) is 24.1 Å². The number of urea groups is 1. The zero-order valence-corrected chi connectivity index (χ0v) is 17.0. The molecule has 1 unspecified atom stereocenters. The van der Waals surface area contributed by atoms with Crippen LogP contribution in [0.5, 0.6) is 0 Å². The van der Waals surface area contributed by atoms with Crippen molar-refractivity contribution in [1.29, 1.82) is 0 Å². The average Bonchev–Trinajstić information content (AvgIpc) is 3.13. The Labute approximate surface area is 171 Å². The van der Waals surface area contributed by atoms with Gasteiger partial charge in [0, 0.05) is 29.3 Å². The third-order valence-electron chi connectivity index (χ3n) is 5.19. The van der Waals surface area contributed by atoms with Crippen LogP contribution < -0.4 is 10.2 Å². The molecule has 0 radical (unpaired) electrons. The van der Waals surface area contributed by atoms with Gasteiger partial charge >= 0.3 is 6.03 Å². The lowest BCUT2D eigenvalue weighted by Crippen LogP contribution is -2.44. The monoisotopic (exact) mass is 441 g/mol. The van der Waals surface area contributed by atoms with E-state index in [-0.39, 0.29) is 30.4 Å². The largest absolute Gasteiger partial charge is 0.338 e. The lowest BCUT2D eigenvalue weighted by atomic mass is 10.1. The molecule has 1 atom stereocenters. The summed E-state index contributed by atoms with van der Waals surface area (Å²) in [4.78, 5) is 40.5. The topological polar surface area (TPSA) is 69.7 Å². The fourth-order valence-electron chi connectivity index (χ4n) is 3.86. The van der Waals surface area contributed by atoms with Crippen LogP contribution in [0.1, 0.15) is 39.6 Å². The predicted molar refractivity (Wildman–Crippen MR) is 110 cm³/mol. The molecule has 2 aliphatic rings. The van der Waals surface area contributed by atoms with E-state index in [9.17, 15) is 14.4 Å². The number of nitrogens with one attached hydrogen (secondary N) is 1. The molecule has 2 aromatic rings. The highest BCUT2D eigenvalue weighted by atomic mass is 79.9. The molecule has 1 N–H and O–H groups in total. The van der Waals surface area contributed by atoms with Gasteiger partial charge in [0.15, 0.2) is 0 Å². The zero-order valence-electron chi connectivity index (χ0n) is 15.4. The number of nitrogens with zero attached hydrogens (tertiary/aromatic N) is 2. The molecular formula is C21H20BrN3O3. The molecule has 7 heteroatoms. The van der Waals surface area contributed by atoms with E-state index in [1.54, 1.807) is 23.1 Å². The number of imide groups is 1. The van der Waals surface area contributed by atoms with Gasteiger partial charge in [-0.1, -0.05) is 34.1 Å². The number of carbonyl (C=O) groups is 3. The standard InChI is InChI=1S/C21H20BrN3O3/c1-13-11-14-5-2-3-6-18(14)25(13)21(28)23-9-4-10-24-19(26)16-8-7-15(22)12-17(16)20(24)27/h2-3,5-8,12-13H,4,9-11H2,1H3,(H,23,28). The fraction of sp³-hybridized carbons (Fsp3) is 0.286.